The fraction of sp³-hybridized carbons (Fsp3) is 0.875. The lowest BCUT2D eigenvalue weighted by molar-refractivity contribution is 0.564. The molecule has 0 bridgehead atoms. The first-order valence-corrected chi connectivity index (χ1v) is 8.24. The van der Waals surface area contributed by atoms with Crippen LogP contribution >= 0.6 is 0 Å². The van der Waals surface area contributed by atoms with E-state index in [1.807, 2.05) is 0 Å². The zero-order valence-electron chi connectivity index (χ0n) is 8.82. The number of hydrogen-bond donors (Lipinski definition) is 1. The van der Waals surface area contributed by atoms with Gasteiger partial charge in [0.1, 0.15) is 0 Å². The molecule has 0 aliphatic carbocycles. The third-order valence-corrected chi connectivity index (χ3v) is 5.33. The number of sulfone groups is 1. The first kappa shape index (κ1) is 13.9. The minimum absolute atomic E-state index is 0.0754. The second-order valence-corrected chi connectivity index (χ2v) is 7.65. The quantitative estimate of drug-likeness (QED) is 0.723. The Morgan fingerprint density at radius 1 is 1.21 bits per heavy atom. The van der Waals surface area contributed by atoms with Crippen LogP contribution in [0.3, 0.4) is 0 Å². The van der Waals surface area contributed by atoms with Crippen LogP contribution in [-0.2, 0) is 19.6 Å². The summed E-state index contributed by atoms with van der Waals surface area (Å²) in [5.41, 5.74) is 0. The summed E-state index contributed by atoms with van der Waals surface area (Å²) >= 11 is 0. The van der Waals surface area contributed by atoms with Gasteiger partial charge in [-0.1, -0.05) is 13.8 Å². The van der Waals surface area contributed by atoms with Gasteiger partial charge in [0.05, 0.1) is 21.3 Å². The monoisotopic (exact) mass is 242 g/mol. The van der Waals surface area contributed by atoms with Crippen LogP contribution in [0.4, 0.5) is 0 Å². The molecule has 0 aromatic heterocycles. The third-order valence-electron chi connectivity index (χ3n) is 1.83. The van der Waals surface area contributed by atoms with Crippen molar-refractivity contribution in [1.82, 2.24) is 0 Å². The van der Waals surface area contributed by atoms with Crippen molar-refractivity contribution in [2.45, 2.75) is 26.7 Å². The second kappa shape index (κ2) is 5.14. The van der Waals surface area contributed by atoms with Crippen molar-refractivity contribution in [3.63, 3.8) is 0 Å². The van der Waals surface area contributed by atoms with E-state index in [4.69, 9.17) is 0 Å². The van der Waals surface area contributed by atoms with E-state index in [0.717, 1.165) is 6.26 Å². The maximum atomic E-state index is 11.4. The summed E-state index contributed by atoms with van der Waals surface area (Å²) in [4.78, 5) is 0.214. The molecule has 0 fully saturated rings. The smallest absolute Gasteiger partial charge is 0.154 e. The molecule has 1 atom stereocenters. The van der Waals surface area contributed by atoms with Gasteiger partial charge >= 0.3 is 0 Å². The van der Waals surface area contributed by atoms with Crippen molar-refractivity contribution in [3.05, 3.63) is 0 Å². The van der Waals surface area contributed by atoms with E-state index in [-0.39, 0.29) is 16.4 Å². The first-order chi connectivity index (χ1) is 6.23. The van der Waals surface area contributed by atoms with Gasteiger partial charge in [-0.2, -0.15) is 0 Å². The average molecular weight is 242 g/mol. The maximum Gasteiger partial charge on any atom is 0.154 e. The van der Waals surface area contributed by atoms with Gasteiger partial charge in [0.15, 0.2) is 9.84 Å². The van der Waals surface area contributed by atoms with E-state index in [0.29, 0.717) is 12.8 Å². The summed E-state index contributed by atoms with van der Waals surface area (Å²) in [5, 5.41) is 0. The van der Waals surface area contributed by atoms with E-state index in [2.05, 4.69) is 0 Å². The molecule has 0 aromatic carbocycles. The van der Waals surface area contributed by atoms with Gasteiger partial charge in [0, 0.05) is 11.1 Å². The molecular weight excluding hydrogens is 224 g/mol. The predicted molar refractivity (Wildman–Crippen MR) is 60.9 cm³/mol. The van der Waals surface area contributed by atoms with Gasteiger partial charge < -0.3 is 4.55 Å². The molecule has 4 nitrogen and oxygen atoms in total. The molecule has 1 unspecified atom stereocenters. The Labute approximate surface area is 86.5 Å². The molecule has 0 aromatic rings. The molecule has 0 heterocycles. The molecule has 6 heteroatoms. The Hall–Kier alpha value is -0.0700. The van der Waals surface area contributed by atoms with Gasteiger partial charge in [-0.3, -0.25) is 0 Å². The van der Waals surface area contributed by atoms with Crippen LogP contribution in [0, 0.1) is 0 Å². The molecule has 0 aliphatic rings. The molecule has 1 N–H and O–H groups in total. The maximum absolute atomic E-state index is 11.4. The zero-order chi connectivity index (χ0) is 11.4. The highest BCUT2D eigenvalue weighted by Gasteiger charge is 2.15. The first-order valence-electron chi connectivity index (χ1n) is 4.49. The molecule has 0 rings (SSSR count). The summed E-state index contributed by atoms with van der Waals surface area (Å²) < 4.78 is 43.3. The topological polar surface area (TPSA) is 71.4 Å². The Kier molecular flexibility index (Phi) is 5.11. The summed E-state index contributed by atoms with van der Waals surface area (Å²) in [7, 11) is -6.28. The fourth-order valence-corrected chi connectivity index (χ4v) is 4.52. The van der Waals surface area contributed by atoms with Crippen LogP contribution in [0.5, 0.6) is 0 Å². The van der Waals surface area contributed by atoms with Crippen molar-refractivity contribution >= 4 is 24.5 Å². The largest absolute Gasteiger partial charge is 0.314 e. The molecular formula is C8H18O4S2. The lowest BCUT2D eigenvalue weighted by Gasteiger charge is -2.07. The lowest BCUT2D eigenvalue weighted by Crippen LogP contribution is -2.23. The van der Waals surface area contributed by atoms with Gasteiger partial charge in [0.25, 0.3) is 0 Å². The van der Waals surface area contributed by atoms with E-state index >= 15 is 0 Å². The fourth-order valence-electron chi connectivity index (χ4n) is 1.11. The molecule has 86 valence electrons. The van der Waals surface area contributed by atoms with Crippen LogP contribution < -0.4 is 0 Å². The average Bonchev–Trinajstić information content (AvgIpc) is 1.98. The Bertz CT molecular complexity index is 378. The van der Waals surface area contributed by atoms with Crippen LogP contribution in [0.15, 0.2) is 0 Å². The number of rotatable bonds is 5. The lowest BCUT2D eigenvalue weighted by atomic mass is 10.4. The van der Waals surface area contributed by atoms with Crippen molar-refractivity contribution < 1.29 is 17.2 Å². The summed E-state index contributed by atoms with van der Waals surface area (Å²) in [5.74, 6) is -0.185. The summed E-state index contributed by atoms with van der Waals surface area (Å²) in [6.45, 7) is 3.46. The summed E-state index contributed by atoms with van der Waals surface area (Å²) in [6.07, 6.45) is 2.03. The van der Waals surface area contributed by atoms with Gasteiger partial charge in [-0.25, -0.2) is 12.6 Å². The van der Waals surface area contributed by atoms with Crippen LogP contribution in [-0.4, -0.2) is 39.8 Å². The van der Waals surface area contributed by atoms with Crippen molar-refractivity contribution in [2.24, 2.45) is 0 Å². The number of hydrogen-bond acceptors (Lipinski definition) is 3. The van der Waals surface area contributed by atoms with E-state index in [9.17, 15) is 17.2 Å². The highest BCUT2D eigenvalue weighted by atomic mass is 32.2. The Balaban J connectivity index is 4.94. The van der Waals surface area contributed by atoms with Gasteiger partial charge in [-0.15, -0.1) is 0 Å². The van der Waals surface area contributed by atoms with E-state index in [1.54, 1.807) is 13.8 Å². The Morgan fingerprint density at radius 2 is 1.71 bits per heavy atom. The van der Waals surface area contributed by atoms with Gasteiger partial charge in [0.2, 0.25) is 0 Å². The van der Waals surface area contributed by atoms with Crippen molar-refractivity contribution in [2.75, 3.05) is 17.8 Å². The van der Waals surface area contributed by atoms with Crippen molar-refractivity contribution in [1.29, 1.82) is 0 Å². The third kappa shape index (κ3) is 4.97. The minimum atomic E-state index is -3.20. The summed E-state index contributed by atoms with van der Waals surface area (Å²) in [6, 6.07) is 0. The minimum Gasteiger partial charge on any atom is -0.314 e. The molecule has 0 aliphatic heterocycles. The van der Waals surface area contributed by atoms with Crippen LogP contribution in [0.2, 0.25) is 0 Å². The predicted octanol–water partition coefficient (Wildman–Crippen LogP) is 0.781. The van der Waals surface area contributed by atoms with E-state index in [1.165, 1.54) is 0 Å². The molecule has 0 radical (unpaired) electrons. The van der Waals surface area contributed by atoms with E-state index < -0.39 is 19.6 Å². The highest BCUT2D eigenvalue weighted by Crippen LogP contribution is 2.00. The SMILES string of the molecule is CCCS(=O)(=O)CC(CC)=S(C)(=O)O. The van der Waals surface area contributed by atoms with Gasteiger partial charge in [-0.05, 0) is 12.8 Å². The molecule has 14 heavy (non-hydrogen) atoms. The molecule has 0 spiro atoms. The second-order valence-electron chi connectivity index (χ2n) is 3.29. The Morgan fingerprint density at radius 3 is 2.00 bits per heavy atom. The van der Waals surface area contributed by atoms with Crippen molar-refractivity contribution in [3.8, 4) is 0 Å². The molecule has 0 saturated carbocycles. The standard InChI is InChI=1S/C8H18O4S2/c1-4-6-14(11,12)7-8(5-2)13(3,9)10/h4-7H2,1-3H3,(H,9,10). The molecule has 0 saturated heterocycles. The highest BCUT2D eigenvalue weighted by molar-refractivity contribution is 7.99. The normalized spacial score (nSPS) is 16.3. The molecule has 0 amide bonds. The van der Waals surface area contributed by atoms with Crippen LogP contribution in [0.1, 0.15) is 26.7 Å². The van der Waals surface area contributed by atoms with Crippen LogP contribution in [0.25, 0.3) is 0 Å². The zero-order valence-corrected chi connectivity index (χ0v) is 10.4.